The van der Waals surface area contributed by atoms with Gasteiger partial charge in [0.1, 0.15) is 6.61 Å². The third-order valence-corrected chi connectivity index (χ3v) is 6.01. The van der Waals surface area contributed by atoms with Gasteiger partial charge in [0.2, 0.25) is 0 Å². The lowest BCUT2D eigenvalue weighted by Crippen LogP contribution is -2.49. The minimum Gasteiger partial charge on any atom is -0.490 e. The van der Waals surface area contributed by atoms with Crippen LogP contribution in [-0.2, 0) is 20.9 Å². The summed E-state index contributed by atoms with van der Waals surface area (Å²) in [5.74, 6) is 0.466. The van der Waals surface area contributed by atoms with Gasteiger partial charge in [-0.05, 0) is 48.4 Å². The summed E-state index contributed by atoms with van der Waals surface area (Å²) in [7, 11) is 0. The highest BCUT2D eigenvalue weighted by Crippen LogP contribution is 2.30. The molecule has 0 saturated carbocycles. The topological polar surface area (TPSA) is 68.3 Å². The summed E-state index contributed by atoms with van der Waals surface area (Å²) in [5, 5.41) is 0. The van der Waals surface area contributed by atoms with Gasteiger partial charge in [-0.2, -0.15) is 0 Å². The SMILES string of the molecule is CCOc1cc(C=CC(=O)OCC(=O)N2CCN(c3ccccc3)CC2)ccc1OCc1ccccc1. The molecule has 7 heteroatoms. The van der Waals surface area contributed by atoms with Crippen molar-refractivity contribution in [2.75, 3.05) is 44.3 Å². The van der Waals surface area contributed by atoms with Gasteiger partial charge in [0.05, 0.1) is 6.61 Å². The number of piperazine rings is 1. The number of anilines is 1. The molecule has 1 aliphatic rings. The number of hydrogen-bond donors (Lipinski definition) is 0. The molecule has 0 N–H and O–H groups in total. The lowest BCUT2D eigenvalue weighted by atomic mass is 10.2. The highest BCUT2D eigenvalue weighted by molar-refractivity contribution is 5.89. The second-order valence-electron chi connectivity index (χ2n) is 8.56. The number of carbonyl (C=O) groups excluding carboxylic acids is 2. The molecule has 0 radical (unpaired) electrons. The van der Waals surface area contributed by atoms with E-state index < -0.39 is 5.97 Å². The van der Waals surface area contributed by atoms with Gasteiger partial charge in [-0.25, -0.2) is 4.79 Å². The Bertz CT molecular complexity index is 1190. The van der Waals surface area contributed by atoms with Crippen LogP contribution in [0.1, 0.15) is 18.1 Å². The number of para-hydroxylation sites is 1. The number of benzene rings is 3. The predicted octanol–water partition coefficient (Wildman–Crippen LogP) is 4.57. The molecule has 1 aliphatic heterocycles. The molecule has 0 aliphatic carbocycles. The summed E-state index contributed by atoms with van der Waals surface area (Å²) >= 11 is 0. The lowest BCUT2D eigenvalue weighted by molar-refractivity contribution is -0.148. The number of hydrogen-bond acceptors (Lipinski definition) is 6. The quantitative estimate of drug-likeness (QED) is 0.300. The fraction of sp³-hybridized carbons (Fsp3) is 0.267. The van der Waals surface area contributed by atoms with Crippen LogP contribution in [0.25, 0.3) is 6.08 Å². The third-order valence-electron chi connectivity index (χ3n) is 6.01. The van der Waals surface area contributed by atoms with Gasteiger partial charge in [-0.15, -0.1) is 0 Å². The molecule has 0 bridgehead atoms. The van der Waals surface area contributed by atoms with Crippen molar-refractivity contribution < 1.29 is 23.8 Å². The monoisotopic (exact) mass is 500 g/mol. The first-order valence-corrected chi connectivity index (χ1v) is 12.5. The molecule has 0 spiro atoms. The molecule has 37 heavy (non-hydrogen) atoms. The first-order chi connectivity index (χ1) is 18.1. The van der Waals surface area contributed by atoms with Crippen molar-refractivity contribution in [1.29, 1.82) is 0 Å². The standard InChI is InChI=1S/C30H32N2O5/c1-2-35-28-21-24(13-15-27(28)36-22-25-9-5-3-6-10-25)14-16-30(34)37-23-29(33)32-19-17-31(18-20-32)26-11-7-4-8-12-26/h3-16,21H,2,17-20,22-23H2,1H3. The Morgan fingerprint density at radius 1 is 0.838 bits per heavy atom. The van der Waals surface area contributed by atoms with Crippen LogP contribution in [0.15, 0.2) is 84.9 Å². The second kappa shape index (κ2) is 13.2. The Balaban J connectivity index is 1.25. The summed E-state index contributed by atoms with van der Waals surface area (Å²) in [6, 6.07) is 25.5. The highest BCUT2D eigenvalue weighted by atomic mass is 16.5. The normalized spacial score (nSPS) is 13.4. The molecule has 0 aromatic heterocycles. The van der Waals surface area contributed by atoms with E-state index in [9.17, 15) is 9.59 Å². The third kappa shape index (κ3) is 7.61. The van der Waals surface area contributed by atoms with Crippen molar-refractivity contribution in [2.45, 2.75) is 13.5 Å². The Morgan fingerprint density at radius 3 is 2.24 bits per heavy atom. The van der Waals surface area contributed by atoms with Crippen molar-refractivity contribution in [3.8, 4) is 11.5 Å². The zero-order valence-electron chi connectivity index (χ0n) is 21.0. The fourth-order valence-corrected chi connectivity index (χ4v) is 4.04. The van der Waals surface area contributed by atoms with Crippen LogP contribution in [0, 0.1) is 0 Å². The van der Waals surface area contributed by atoms with E-state index in [1.807, 2.05) is 73.7 Å². The number of rotatable bonds is 10. The lowest BCUT2D eigenvalue weighted by Gasteiger charge is -2.36. The second-order valence-corrected chi connectivity index (χ2v) is 8.56. The van der Waals surface area contributed by atoms with E-state index in [0.717, 1.165) is 29.9 Å². The maximum Gasteiger partial charge on any atom is 0.331 e. The van der Waals surface area contributed by atoms with Gasteiger partial charge in [0.25, 0.3) is 5.91 Å². The van der Waals surface area contributed by atoms with E-state index in [2.05, 4.69) is 17.0 Å². The van der Waals surface area contributed by atoms with Crippen LogP contribution in [0.3, 0.4) is 0 Å². The number of esters is 1. The number of amides is 1. The summed E-state index contributed by atoms with van der Waals surface area (Å²) in [6.45, 7) is 5.23. The van der Waals surface area contributed by atoms with Crippen LogP contribution < -0.4 is 14.4 Å². The molecule has 7 nitrogen and oxygen atoms in total. The van der Waals surface area contributed by atoms with Gasteiger partial charge in [0.15, 0.2) is 18.1 Å². The van der Waals surface area contributed by atoms with Crippen molar-refractivity contribution in [3.63, 3.8) is 0 Å². The molecule has 0 atom stereocenters. The molecule has 1 fully saturated rings. The van der Waals surface area contributed by atoms with Crippen molar-refractivity contribution in [1.82, 2.24) is 4.90 Å². The van der Waals surface area contributed by atoms with Gasteiger partial charge in [-0.1, -0.05) is 54.6 Å². The average Bonchev–Trinajstić information content (AvgIpc) is 2.95. The Labute approximate surface area is 217 Å². The molecule has 3 aromatic rings. The fourth-order valence-electron chi connectivity index (χ4n) is 4.04. The maximum absolute atomic E-state index is 12.5. The van der Waals surface area contributed by atoms with Gasteiger partial charge < -0.3 is 24.0 Å². The predicted molar refractivity (Wildman–Crippen MR) is 144 cm³/mol. The summed E-state index contributed by atoms with van der Waals surface area (Å²) in [6.07, 6.45) is 2.95. The average molecular weight is 501 g/mol. The van der Waals surface area contributed by atoms with Crippen LogP contribution in [-0.4, -0.2) is 56.2 Å². The first kappa shape index (κ1) is 25.8. The first-order valence-electron chi connectivity index (χ1n) is 12.5. The molecule has 3 aromatic carbocycles. The van der Waals surface area contributed by atoms with Crippen molar-refractivity contribution in [3.05, 3.63) is 96.1 Å². The molecule has 0 unspecified atom stereocenters. The molecule has 192 valence electrons. The molecular formula is C30H32N2O5. The Hall–Kier alpha value is -4.26. The summed E-state index contributed by atoms with van der Waals surface area (Å²) in [4.78, 5) is 28.7. The van der Waals surface area contributed by atoms with Gasteiger partial charge in [0, 0.05) is 37.9 Å². The Kier molecular flexibility index (Phi) is 9.18. The zero-order valence-corrected chi connectivity index (χ0v) is 21.0. The minimum absolute atomic E-state index is 0.187. The number of carbonyl (C=O) groups is 2. The van der Waals surface area contributed by atoms with E-state index in [0.29, 0.717) is 37.8 Å². The molecule has 1 saturated heterocycles. The number of nitrogens with zero attached hydrogens (tertiary/aromatic N) is 2. The van der Waals surface area contributed by atoms with E-state index in [-0.39, 0.29) is 12.5 Å². The molecule has 1 heterocycles. The highest BCUT2D eigenvalue weighted by Gasteiger charge is 2.21. The van der Waals surface area contributed by atoms with Crippen LogP contribution in [0.5, 0.6) is 11.5 Å². The van der Waals surface area contributed by atoms with Crippen LogP contribution in [0.2, 0.25) is 0 Å². The zero-order chi connectivity index (χ0) is 25.9. The molecular weight excluding hydrogens is 468 g/mol. The summed E-state index contributed by atoms with van der Waals surface area (Å²) in [5.41, 5.74) is 2.97. The summed E-state index contributed by atoms with van der Waals surface area (Å²) < 4.78 is 16.8. The van der Waals surface area contributed by atoms with E-state index in [1.165, 1.54) is 6.08 Å². The molecule has 4 rings (SSSR count). The van der Waals surface area contributed by atoms with E-state index in [1.54, 1.807) is 11.0 Å². The van der Waals surface area contributed by atoms with E-state index >= 15 is 0 Å². The van der Waals surface area contributed by atoms with Crippen molar-refractivity contribution >= 4 is 23.6 Å². The van der Waals surface area contributed by atoms with E-state index in [4.69, 9.17) is 14.2 Å². The van der Waals surface area contributed by atoms with Crippen LogP contribution >= 0.6 is 0 Å². The van der Waals surface area contributed by atoms with Gasteiger partial charge in [-0.3, -0.25) is 4.79 Å². The largest absolute Gasteiger partial charge is 0.490 e. The molecule has 1 amide bonds. The van der Waals surface area contributed by atoms with Crippen LogP contribution in [0.4, 0.5) is 5.69 Å². The smallest absolute Gasteiger partial charge is 0.331 e. The number of ether oxygens (including phenoxy) is 3. The Morgan fingerprint density at radius 2 is 1.54 bits per heavy atom. The van der Waals surface area contributed by atoms with Crippen molar-refractivity contribution in [2.24, 2.45) is 0 Å². The van der Waals surface area contributed by atoms with Gasteiger partial charge >= 0.3 is 5.97 Å². The maximum atomic E-state index is 12.5. The minimum atomic E-state index is -0.571.